The van der Waals surface area contributed by atoms with Gasteiger partial charge in [-0.1, -0.05) is 12.8 Å². The van der Waals surface area contributed by atoms with Crippen molar-refractivity contribution in [2.75, 3.05) is 26.2 Å². The Morgan fingerprint density at radius 2 is 1.81 bits per heavy atom. The van der Waals surface area contributed by atoms with E-state index in [-0.39, 0.29) is 36.6 Å². The Balaban J connectivity index is 1.33. The molecule has 1 atom stereocenters. The first kappa shape index (κ1) is 17.9. The summed E-state index contributed by atoms with van der Waals surface area (Å²) in [4.78, 5) is 47.1. The summed E-state index contributed by atoms with van der Waals surface area (Å²) in [5, 5.41) is 0. The Hall–Kier alpha value is -2.44. The van der Waals surface area contributed by atoms with Gasteiger partial charge in [0.15, 0.2) is 0 Å². The van der Waals surface area contributed by atoms with Gasteiger partial charge in [-0.05, 0) is 30.5 Å². The molecule has 0 spiro atoms. The van der Waals surface area contributed by atoms with Crippen molar-refractivity contribution in [2.24, 2.45) is 5.92 Å². The lowest BCUT2D eigenvalue weighted by Gasteiger charge is -2.38. The van der Waals surface area contributed by atoms with E-state index < -0.39 is 0 Å². The van der Waals surface area contributed by atoms with Crippen molar-refractivity contribution < 1.29 is 14.4 Å². The highest BCUT2D eigenvalue weighted by molar-refractivity contribution is 5.92. The number of hydrogen-bond donors (Lipinski definition) is 0. The van der Waals surface area contributed by atoms with E-state index in [1.54, 1.807) is 22.2 Å². The Kier molecular flexibility index (Phi) is 5.09. The molecule has 1 aliphatic carbocycles. The molecular formula is C20H26N4O3. The Morgan fingerprint density at radius 3 is 2.52 bits per heavy atom. The molecule has 0 N–H and O–H groups in total. The van der Waals surface area contributed by atoms with Crippen LogP contribution >= 0.6 is 0 Å². The molecule has 2 saturated heterocycles. The van der Waals surface area contributed by atoms with Gasteiger partial charge in [0.25, 0.3) is 0 Å². The molecule has 3 fully saturated rings. The van der Waals surface area contributed by atoms with E-state index in [2.05, 4.69) is 4.98 Å². The monoisotopic (exact) mass is 370 g/mol. The van der Waals surface area contributed by atoms with Crippen molar-refractivity contribution in [3.8, 4) is 0 Å². The van der Waals surface area contributed by atoms with E-state index in [0.717, 1.165) is 18.4 Å². The fourth-order valence-electron chi connectivity index (χ4n) is 4.53. The van der Waals surface area contributed by atoms with Crippen LogP contribution in [-0.4, -0.2) is 69.6 Å². The molecule has 27 heavy (non-hydrogen) atoms. The van der Waals surface area contributed by atoms with Gasteiger partial charge < -0.3 is 14.7 Å². The van der Waals surface area contributed by atoms with Gasteiger partial charge in [-0.2, -0.15) is 0 Å². The zero-order chi connectivity index (χ0) is 18.8. The van der Waals surface area contributed by atoms with Crippen LogP contribution in [0.5, 0.6) is 0 Å². The predicted molar refractivity (Wildman–Crippen MR) is 98.3 cm³/mol. The maximum atomic E-state index is 12.9. The normalized spacial score (nSPS) is 24.1. The van der Waals surface area contributed by atoms with Gasteiger partial charge >= 0.3 is 0 Å². The lowest BCUT2D eigenvalue weighted by Crippen LogP contribution is -2.56. The van der Waals surface area contributed by atoms with E-state index in [0.29, 0.717) is 32.2 Å². The minimum Gasteiger partial charge on any atom is -0.338 e. The summed E-state index contributed by atoms with van der Waals surface area (Å²) < 4.78 is 0. The summed E-state index contributed by atoms with van der Waals surface area (Å²) in [5.41, 5.74) is 1.01. The lowest BCUT2D eigenvalue weighted by atomic mass is 10.1. The number of nitrogens with zero attached hydrogens (tertiary/aromatic N) is 4. The van der Waals surface area contributed by atoms with E-state index in [1.807, 2.05) is 17.0 Å². The average Bonchev–Trinajstić information content (AvgIpc) is 3.32. The molecule has 3 heterocycles. The molecule has 1 aromatic heterocycles. The fourth-order valence-corrected chi connectivity index (χ4v) is 4.53. The summed E-state index contributed by atoms with van der Waals surface area (Å²) >= 11 is 0. The predicted octanol–water partition coefficient (Wildman–Crippen LogP) is 1.04. The van der Waals surface area contributed by atoms with Crippen molar-refractivity contribution in [2.45, 2.75) is 44.7 Å². The number of hydrogen-bond acceptors (Lipinski definition) is 4. The van der Waals surface area contributed by atoms with Gasteiger partial charge in [0.1, 0.15) is 0 Å². The Bertz CT molecular complexity index is 717. The van der Waals surface area contributed by atoms with Crippen LogP contribution in [0.4, 0.5) is 0 Å². The lowest BCUT2D eigenvalue weighted by molar-refractivity contribution is -0.149. The molecule has 0 radical (unpaired) electrons. The van der Waals surface area contributed by atoms with Crippen molar-refractivity contribution in [1.29, 1.82) is 0 Å². The molecule has 0 bridgehead atoms. The maximum Gasteiger partial charge on any atom is 0.242 e. The Labute approximate surface area is 159 Å². The fraction of sp³-hybridized carbons (Fsp3) is 0.600. The molecule has 2 aliphatic heterocycles. The van der Waals surface area contributed by atoms with Crippen molar-refractivity contribution >= 4 is 17.7 Å². The zero-order valence-corrected chi connectivity index (χ0v) is 15.5. The van der Waals surface area contributed by atoms with E-state index in [9.17, 15) is 14.4 Å². The molecule has 7 heteroatoms. The van der Waals surface area contributed by atoms with Crippen molar-refractivity contribution in [3.63, 3.8) is 0 Å². The third-order valence-electron chi connectivity index (χ3n) is 6.02. The molecule has 3 aliphatic rings. The van der Waals surface area contributed by atoms with Gasteiger partial charge in [0.2, 0.25) is 17.7 Å². The summed E-state index contributed by atoms with van der Waals surface area (Å²) in [6.45, 7) is 2.29. The van der Waals surface area contributed by atoms with Crippen molar-refractivity contribution in [1.82, 2.24) is 19.7 Å². The minimum absolute atomic E-state index is 0.00100. The number of aromatic nitrogens is 1. The van der Waals surface area contributed by atoms with E-state index in [1.165, 1.54) is 12.8 Å². The standard InChI is InChI=1S/C20H26N4O3/c25-18-11-16(13-23(18)12-15-5-7-21-8-6-15)20(27)22-9-10-24(19(26)14-22)17-3-1-2-4-17/h5-8,16-17H,1-4,9-14H2. The molecule has 1 unspecified atom stereocenters. The Morgan fingerprint density at radius 1 is 1.07 bits per heavy atom. The van der Waals surface area contributed by atoms with Crippen LogP contribution in [0.1, 0.15) is 37.7 Å². The average molecular weight is 370 g/mol. The number of likely N-dealkylation sites (tertiary alicyclic amines) is 1. The van der Waals surface area contributed by atoms with Crippen LogP contribution in [-0.2, 0) is 20.9 Å². The molecule has 7 nitrogen and oxygen atoms in total. The second kappa shape index (κ2) is 7.66. The maximum absolute atomic E-state index is 12.9. The van der Waals surface area contributed by atoms with Crippen LogP contribution in [0.25, 0.3) is 0 Å². The molecular weight excluding hydrogens is 344 g/mol. The van der Waals surface area contributed by atoms with Gasteiger partial charge in [0.05, 0.1) is 12.5 Å². The highest BCUT2D eigenvalue weighted by Gasteiger charge is 2.39. The highest BCUT2D eigenvalue weighted by atomic mass is 16.2. The minimum atomic E-state index is -0.342. The number of rotatable bonds is 4. The topological polar surface area (TPSA) is 73.8 Å². The van der Waals surface area contributed by atoms with Gasteiger partial charge in [-0.25, -0.2) is 0 Å². The molecule has 3 amide bonds. The number of piperazine rings is 1. The second-order valence-corrected chi connectivity index (χ2v) is 7.82. The van der Waals surface area contributed by atoms with Crippen LogP contribution in [0, 0.1) is 5.92 Å². The summed E-state index contributed by atoms with van der Waals surface area (Å²) in [6, 6.07) is 4.12. The molecule has 4 rings (SSSR count). The third-order valence-corrected chi connectivity index (χ3v) is 6.02. The number of carbonyl (C=O) groups is 3. The number of carbonyl (C=O) groups excluding carboxylic acids is 3. The van der Waals surface area contributed by atoms with Gasteiger partial charge in [-0.15, -0.1) is 0 Å². The smallest absolute Gasteiger partial charge is 0.242 e. The highest BCUT2D eigenvalue weighted by Crippen LogP contribution is 2.26. The summed E-state index contributed by atoms with van der Waals surface area (Å²) in [5.74, 6) is -0.342. The zero-order valence-electron chi connectivity index (χ0n) is 15.5. The first-order chi connectivity index (χ1) is 13.1. The number of amides is 3. The van der Waals surface area contributed by atoms with Crippen molar-refractivity contribution in [3.05, 3.63) is 30.1 Å². The summed E-state index contributed by atoms with van der Waals surface area (Å²) in [7, 11) is 0. The third kappa shape index (κ3) is 3.82. The first-order valence-corrected chi connectivity index (χ1v) is 9.87. The van der Waals surface area contributed by atoms with Crippen LogP contribution in [0.3, 0.4) is 0 Å². The van der Waals surface area contributed by atoms with Crippen LogP contribution in [0.15, 0.2) is 24.5 Å². The molecule has 144 valence electrons. The first-order valence-electron chi connectivity index (χ1n) is 9.87. The quantitative estimate of drug-likeness (QED) is 0.794. The van der Waals surface area contributed by atoms with E-state index in [4.69, 9.17) is 0 Å². The van der Waals surface area contributed by atoms with Gasteiger partial charge in [-0.3, -0.25) is 19.4 Å². The second-order valence-electron chi connectivity index (χ2n) is 7.82. The number of pyridine rings is 1. The molecule has 0 aromatic carbocycles. The summed E-state index contributed by atoms with van der Waals surface area (Å²) in [6.07, 6.45) is 8.19. The molecule has 1 saturated carbocycles. The largest absolute Gasteiger partial charge is 0.338 e. The van der Waals surface area contributed by atoms with Crippen LogP contribution < -0.4 is 0 Å². The SMILES string of the molecule is O=C1CC(C(=O)N2CCN(C3CCCC3)C(=O)C2)CN1Cc1ccncc1. The molecule has 1 aromatic rings. The van der Waals surface area contributed by atoms with Gasteiger partial charge in [0, 0.05) is 51.0 Å². The van der Waals surface area contributed by atoms with E-state index >= 15 is 0 Å². The van der Waals surface area contributed by atoms with Crippen LogP contribution in [0.2, 0.25) is 0 Å².